The fourth-order valence-corrected chi connectivity index (χ4v) is 5.02. The number of hydrogen-bond donors (Lipinski definition) is 0. The number of fused-ring (bicyclic) bond motifs is 1. The number of furan rings is 1. The van der Waals surface area contributed by atoms with E-state index in [4.69, 9.17) is 8.94 Å². The van der Waals surface area contributed by atoms with E-state index in [2.05, 4.69) is 12.1 Å². The first kappa shape index (κ1) is 20.8. The number of rotatable bonds is 3. The molecule has 2 saturated heterocycles. The molecule has 7 nitrogen and oxygen atoms in total. The minimum atomic E-state index is -0.0658. The number of carbonyl (C=O) groups excluding carboxylic acids is 2. The lowest BCUT2D eigenvalue weighted by atomic mass is 9.93. The molecule has 0 radical (unpaired) electrons. The molecule has 2 aromatic heterocycles. The molecule has 3 aromatic rings. The van der Waals surface area contributed by atoms with Crippen molar-refractivity contribution in [1.82, 2.24) is 15.0 Å². The summed E-state index contributed by atoms with van der Waals surface area (Å²) in [5.41, 5.74) is 2.44. The van der Waals surface area contributed by atoms with Crippen LogP contribution in [0.3, 0.4) is 0 Å². The minimum absolute atomic E-state index is 0.0627. The van der Waals surface area contributed by atoms with Crippen LogP contribution >= 0.6 is 0 Å². The number of hydrogen-bond acceptors (Lipinski definition) is 5. The van der Waals surface area contributed by atoms with Gasteiger partial charge in [-0.05, 0) is 52.0 Å². The lowest BCUT2D eigenvalue weighted by Gasteiger charge is -2.32. The topological polar surface area (TPSA) is 79.8 Å². The zero-order chi connectivity index (χ0) is 22.2. The predicted octanol–water partition coefficient (Wildman–Crippen LogP) is 4.76. The molecule has 0 saturated carbocycles. The molecular formula is C25H29N3O4. The van der Waals surface area contributed by atoms with Gasteiger partial charge in [-0.2, -0.15) is 0 Å². The van der Waals surface area contributed by atoms with Crippen LogP contribution in [0.1, 0.15) is 77.3 Å². The molecule has 1 unspecified atom stereocenters. The summed E-state index contributed by atoms with van der Waals surface area (Å²) in [7, 11) is 0. The molecule has 7 heteroatoms. The Hall–Kier alpha value is -3.09. The quantitative estimate of drug-likeness (QED) is 0.592. The highest BCUT2D eigenvalue weighted by molar-refractivity contribution is 5.99. The zero-order valence-electron chi connectivity index (χ0n) is 18.7. The first-order valence-corrected chi connectivity index (χ1v) is 11.6. The molecule has 2 fully saturated rings. The van der Waals surface area contributed by atoms with Crippen LogP contribution in [0.15, 0.2) is 39.3 Å². The highest BCUT2D eigenvalue weighted by Crippen LogP contribution is 2.31. The number of carbonyl (C=O) groups is 2. The lowest BCUT2D eigenvalue weighted by Crippen LogP contribution is -2.41. The average molecular weight is 436 g/mol. The summed E-state index contributed by atoms with van der Waals surface area (Å²) in [4.78, 5) is 29.7. The van der Waals surface area contributed by atoms with Crippen molar-refractivity contribution in [2.24, 2.45) is 0 Å². The van der Waals surface area contributed by atoms with Crippen LogP contribution in [0, 0.1) is 6.92 Å². The van der Waals surface area contributed by atoms with Crippen molar-refractivity contribution < 1.29 is 18.5 Å². The SMILES string of the molecule is Cc1c(C(=O)N2CCC(c3cc(C(=O)N4CCCCC4C)on3)CC2)oc2ccccc12. The smallest absolute Gasteiger partial charge is 0.292 e. The van der Waals surface area contributed by atoms with Gasteiger partial charge >= 0.3 is 0 Å². The van der Waals surface area contributed by atoms with Crippen LogP contribution in [0.2, 0.25) is 0 Å². The van der Waals surface area contributed by atoms with Gasteiger partial charge in [0.05, 0.1) is 5.69 Å². The highest BCUT2D eigenvalue weighted by atomic mass is 16.5. The minimum Gasteiger partial charge on any atom is -0.451 e. The van der Waals surface area contributed by atoms with E-state index in [1.165, 1.54) is 0 Å². The Kier molecular flexibility index (Phi) is 5.49. The Morgan fingerprint density at radius 2 is 1.81 bits per heavy atom. The number of amides is 2. The summed E-state index contributed by atoms with van der Waals surface area (Å²) in [5.74, 6) is 0.802. The van der Waals surface area contributed by atoms with E-state index in [9.17, 15) is 9.59 Å². The van der Waals surface area contributed by atoms with Crippen molar-refractivity contribution in [3.05, 3.63) is 53.1 Å². The highest BCUT2D eigenvalue weighted by Gasteiger charge is 2.31. The molecule has 5 rings (SSSR count). The third-order valence-electron chi connectivity index (χ3n) is 7.04. The Morgan fingerprint density at radius 1 is 1.03 bits per heavy atom. The van der Waals surface area contributed by atoms with Crippen LogP contribution in [0.4, 0.5) is 0 Å². The predicted molar refractivity (Wildman–Crippen MR) is 120 cm³/mol. The molecule has 2 aliphatic rings. The Labute approximate surface area is 187 Å². The van der Waals surface area contributed by atoms with Crippen molar-refractivity contribution in [3.63, 3.8) is 0 Å². The van der Waals surface area contributed by atoms with Gasteiger partial charge in [-0.3, -0.25) is 9.59 Å². The zero-order valence-corrected chi connectivity index (χ0v) is 18.7. The van der Waals surface area contributed by atoms with E-state index in [1.54, 1.807) is 6.07 Å². The van der Waals surface area contributed by atoms with Crippen LogP contribution in [-0.2, 0) is 0 Å². The Bertz CT molecular complexity index is 1140. The molecule has 168 valence electrons. The maximum atomic E-state index is 13.1. The van der Waals surface area contributed by atoms with E-state index in [1.807, 2.05) is 41.0 Å². The molecule has 0 spiro atoms. The van der Waals surface area contributed by atoms with E-state index in [-0.39, 0.29) is 23.8 Å². The number of likely N-dealkylation sites (tertiary alicyclic amines) is 2. The van der Waals surface area contributed by atoms with Crippen LogP contribution in [0.5, 0.6) is 0 Å². The van der Waals surface area contributed by atoms with E-state index < -0.39 is 0 Å². The molecule has 32 heavy (non-hydrogen) atoms. The van der Waals surface area contributed by atoms with Crippen LogP contribution in [0.25, 0.3) is 11.0 Å². The van der Waals surface area contributed by atoms with Gasteiger partial charge < -0.3 is 18.7 Å². The summed E-state index contributed by atoms with van der Waals surface area (Å²) in [6.45, 7) is 6.05. The maximum Gasteiger partial charge on any atom is 0.292 e. The second kappa shape index (κ2) is 8.45. The number of piperidine rings is 2. The second-order valence-corrected chi connectivity index (χ2v) is 9.08. The first-order chi connectivity index (χ1) is 15.5. The van der Waals surface area contributed by atoms with E-state index in [0.29, 0.717) is 24.6 Å². The monoisotopic (exact) mass is 435 g/mol. The summed E-state index contributed by atoms with van der Waals surface area (Å²) in [5, 5.41) is 5.19. The van der Waals surface area contributed by atoms with Crippen molar-refractivity contribution in [3.8, 4) is 0 Å². The fraction of sp³-hybridized carbons (Fsp3) is 0.480. The molecule has 1 atom stereocenters. The standard InChI is InChI=1S/C25H29N3O4/c1-16-7-5-6-12-28(16)24(29)22-15-20(26-32-22)18-10-13-27(14-11-18)25(30)23-17(2)19-8-3-4-9-21(19)31-23/h3-4,8-9,15-16,18H,5-7,10-14H2,1-2H3. The normalized spacial score (nSPS) is 20.1. The molecular weight excluding hydrogens is 406 g/mol. The number of aryl methyl sites for hydroxylation is 1. The third kappa shape index (κ3) is 3.70. The van der Waals surface area contributed by atoms with Gasteiger partial charge in [0.2, 0.25) is 5.76 Å². The van der Waals surface area contributed by atoms with Crippen LogP contribution < -0.4 is 0 Å². The van der Waals surface area contributed by atoms with Crippen molar-refractivity contribution in [2.75, 3.05) is 19.6 Å². The number of benzene rings is 1. The molecule has 4 heterocycles. The molecule has 1 aromatic carbocycles. The van der Waals surface area contributed by atoms with Crippen molar-refractivity contribution >= 4 is 22.8 Å². The molecule has 0 bridgehead atoms. The molecule has 0 aliphatic carbocycles. The van der Waals surface area contributed by atoms with Crippen LogP contribution in [-0.4, -0.2) is 52.4 Å². The first-order valence-electron chi connectivity index (χ1n) is 11.6. The van der Waals surface area contributed by atoms with Gasteiger partial charge in [0, 0.05) is 48.6 Å². The van der Waals surface area contributed by atoms with Crippen molar-refractivity contribution in [1.29, 1.82) is 0 Å². The number of nitrogens with zero attached hydrogens (tertiary/aromatic N) is 3. The Balaban J connectivity index is 1.23. The lowest BCUT2D eigenvalue weighted by molar-refractivity contribution is 0.0592. The largest absolute Gasteiger partial charge is 0.451 e. The Morgan fingerprint density at radius 3 is 2.56 bits per heavy atom. The van der Waals surface area contributed by atoms with Crippen molar-refractivity contribution in [2.45, 2.75) is 57.9 Å². The molecule has 0 N–H and O–H groups in total. The molecule has 2 aliphatic heterocycles. The number of para-hydroxylation sites is 1. The van der Waals surface area contributed by atoms with Gasteiger partial charge in [0.1, 0.15) is 5.58 Å². The van der Waals surface area contributed by atoms with E-state index >= 15 is 0 Å². The second-order valence-electron chi connectivity index (χ2n) is 9.08. The summed E-state index contributed by atoms with van der Waals surface area (Å²) in [6, 6.07) is 9.77. The average Bonchev–Trinajstić information content (AvgIpc) is 3.44. The summed E-state index contributed by atoms with van der Waals surface area (Å²) in [6.07, 6.45) is 4.80. The van der Waals surface area contributed by atoms with Gasteiger partial charge in [0.25, 0.3) is 11.8 Å². The summed E-state index contributed by atoms with van der Waals surface area (Å²) >= 11 is 0. The maximum absolute atomic E-state index is 13.1. The number of aromatic nitrogens is 1. The van der Waals surface area contributed by atoms with Gasteiger partial charge in [0.15, 0.2) is 5.76 Å². The van der Waals surface area contributed by atoms with E-state index in [0.717, 1.165) is 60.9 Å². The summed E-state index contributed by atoms with van der Waals surface area (Å²) < 4.78 is 11.3. The fourth-order valence-electron chi connectivity index (χ4n) is 5.02. The third-order valence-corrected chi connectivity index (χ3v) is 7.04. The van der Waals surface area contributed by atoms with Gasteiger partial charge in [-0.15, -0.1) is 0 Å². The molecule has 2 amide bonds. The van der Waals surface area contributed by atoms with Gasteiger partial charge in [-0.25, -0.2) is 0 Å². The van der Waals surface area contributed by atoms with Gasteiger partial charge in [-0.1, -0.05) is 23.4 Å².